The molecule has 0 spiro atoms. The highest BCUT2D eigenvalue weighted by atomic mass is 16.1. The van der Waals surface area contributed by atoms with Gasteiger partial charge in [-0.25, -0.2) is 9.97 Å². The van der Waals surface area contributed by atoms with Gasteiger partial charge in [-0.15, -0.1) is 0 Å². The van der Waals surface area contributed by atoms with E-state index in [0.29, 0.717) is 18.4 Å². The van der Waals surface area contributed by atoms with Crippen molar-refractivity contribution in [2.24, 2.45) is 0 Å². The number of aromatic nitrogens is 2. The third kappa shape index (κ3) is 3.10. The smallest absolute Gasteiger partial charge is 0.170 e. The SMILES string of the molecule is O=CCCN1CCN(c2cnc(C=O)cn2)CC1. The highest BCUT2D eigenvalue weighted by Crippen LogP contribution is 2.12. The third-order valence-corrected chi connectivity index (χ3v) is 3.04. The van der Waals surface area contributed by atoms with Crippen molar-refractivity contribution in [3.63, 3.8) is 0 Å². The summed E-state index contributed by atoms with van der Waals surface area (Å²) in [6, 6.07) is 0. The van der Waals surface area contributed by atoms with Crippen molar-refractivity contribution in [1.82, 2.24) is 14.9 Å². The molecule has 1 aromatic heterocycles. The van der Waals surface area contributed by atoms with E-state index < -0.39 is 0 Å². The summed E-state index contributed by atoms with van der Waals surface area (Å²) < 4.78 is 0. The summed E-state index contributed by atoms with van der Waals surface area (Å²) in [5.41, 5.74) is 0.350. The molecule has 96 valence electrons. The number of carbonyl (C=O) groups is 2. The minimum absolute atomic E-state index is 0.350. The Hall–Kier alpha value is -1.82. The van der Waals surface area contributed by atoms with Crippen LogP contribution in [0.5, 0.6) is 0 Å². The third-order valence-electron chi connectivity index (χ3n) is 3.04. The van der Waals surface area contributed by atoms with Gasteiger partial charge in [-0.2, -0.15) is 0 Å². The van der Waals surface area contributed by atoms with E-state index in [1.54, 1.807) is 6.20 Å². The van der Waals surface area contributed by atoms with E-state index in [1.165, 1.54) is 6.20 Å². The van der Waals surface area contributed by atoms with E-state index in [0.717, 1.165) is 44.8 Å². The second-order valence-corrected chi connectivity index (χ2v) is 4.20. The number of piperazine rings is 1. The Morgan fingerprint density at radius 1 is 1.11 bits per heavy atom. The molecule has 0 unspecified atom stereocenters. The van der Waals surface area contributed by atoms with Crippen LogP contribution in [0.1, 0.15) is 16.9 Å². The van der Waals surface area contributed by atoms with Gasteiger partial charge in [0, 0.05) is 39.1 Å². The van der Waals surface area contributed by atoms with Crippen LogP contribution in [-0.2, 0) is 4.79 Å². The monoisotopic (exact) mass is 248 g/mol. The molecule has 2 rings (SSSR count). The lowest BCUT2D eigenvalue weighted by Gasteiger charge is -2.34. The summed E-state index contributed by atoms with van der Waals surface area (Å²) in [7, 11) is 0. The number of nitrogens with zero attached hydrogens (tertiary/aromatic N) is 4. The van der Waals surface area contributed by atoms with Crippen molar-refractivity contribution in [3.8, 4) is 0 Å². The molecule has 1 aliphatic rings. The van der Waals surface area contributed by atoms with Crippen LogP contribution in [0.15, 0.2) is 12.4 Å². The van der Waals surface area contributed by atoms with Gasteiger partial charge in [0.15, 0.2) is 6.29 Å². The predicted octanol–water partition coefficient (Wildman–Crippen LogP) is 0.0001000. The fourth-order valence-electron chi connectivity index (χ4n) is 1.99. The van der Waals surface area contributed by atoms with Gasteiger partial charge >= 0.3 is 0 Å². The lowest BCUT2D eigenvalue weighted by atomic mass is 10.3. The Labute approximate surface area is 106 Å². The van der Waals surface area contributed by atoms with E-state index >= 15 is 0 Å². The second-order valence-electron chi connectivity index (χ2n) is 4.20. The van der Waals surface area contributed by atoms with E-state index in [4.69, 9.17) is 0 Å². The first-order valence-electron chi connectivity index (χ1n) is 6.01. The van der Waals surface area contributed by atoms with E-state index in [9.17, 15) is 9.59 Å². The molecule has 1 aromatic rings. The number of aldehydes is 2. The lowest BCUT2D eigenvalue weighted by molar-refractivity contribution is -0.108. The van der Waals surface area contributed by atoms with Crippen molar-refractivity contribution < 1.29 is 9.59 Å². The normalized spacial score (nSPS) is 16.6. The maximum Gasteiger partial charge on any atom is 0.170 e. The van der Waals surface area contributed by atoms with Crippen LogP contribution in [0.3, 0.4) is 0 Å². The zero-order valence-corrected chi connectivity index (χ0v) is 10.2. The van der Waals surface area contributed by atoms with Gasteiger partial charge < -0.3 is 9.69 Å². The van der Waals surface area contributed by atoms with Crippen molar-refractivity contribution in [2.75, 3.05) is 37.6 Å². The van der Waals surface area contributed by atoms with Crippen molar-refractivity contribution >= 4 is 18.4 Å². The molecule has 0 amide bonds. The van der Waals surface area contributed by atoms with Gasteiger partial charge in [0.2, 0.25) is 0 Å². The largest absolute Gasteiger partial charge is 0.353 e. The second kappa shape index (κ2) is 6.20. The van der Waals surface area contributed by atoms with Crippen molar-refractivity contribution in [2.45, 2.75) is 6.42 Å². The average molecular weight is 248 g/mol. The van der Waals surface area contributed by atoms with Crippen LogP contribution in [-0.4, -0.2) is 60.2 Å². The fraction of sp³-hybridized carbons (Fsp3) is 0.500. The molecule has 18 heavy (non-hydrogen) atoms. The molecule has 0 saturated carbocycles. The van der Waals surface area contributed by atoms with Crippen LogP contribution in [0.25, 0.3) is 0 Å². The van der Waals surface area contributed by atoms with Gasteiger partial charge in [-0.05, 0) is 0 Å². The summed E-state index contributed by atoms with van der Waals surface area (Å²) in [5, 5.41) is 0. The molecular weight excluding hydrogens is 232 g/mol. The van der Waals surface area contributed by atoms with Crippen molar-refractivity contribution in [1.29, 1.82) is 0 Å². The van der Waals surface area contributed by atoms with E-state index in [-0.39, 0.29) is 0 Å². The number of hydrogen-bond donors (Lipinski definition) is 0. The average Bonchev–Trinajstić information content (AvgIpc) is 2.46. The van der Waals surface area contributed by atoms with Gasteiger partial charge in [0.1, 0.15) is 17.8 Å². The zero-order valence-electron chi connectivity index (χ0n) is 10.2. The van der Waals surface area contributed by atoms with Gasteiger partial charge in [-0.3, -0.25) is 9.69 Å². The van der Waals surface area contributed by atoms with Crippen molar-refractivity contribution in [3.05, 3.63) is 18.1 Å². The zero-order chi connectivity index (χ0) is 12.8. The molecule has 1 aliphatic heterocycles. The molecule has 0 aliphatic carbocycles. The van der Waals surface area contributed by atoms with E-state index in [2.05, 4.69) is 19.8 Å². The fourth-order valence-corrected chi connectivity index (χ4v) is 1.99. The minimum atomic E-state index is 0.350. The van der Waals surface area contributed by atoms with Gasteiger partial charge in [-0.1, -0.05) is 0 Å². The molecule has 1 fully saturated rings. The van der Waals surface area contributed by atoms with Crippen LogP contribution in [0.2, 0.25) is 0 Å². The number of rotatable bonds is 5. The Morgan fingerprint density at radius 2 is 1.89 bits per heavy atom. The quantitative estimate of drug-likeness (QED) is 0.683. The Balaban J connectivity index is 1.88. The predicted molar refractivity (Wildman–Crippen MR) is 66.8 cm³/mol. The van der Waals surface area contributed by atoms with Crippen LogP contribution < -0.4 is 4.90 Å². The van der Waals surface area contributed by atoms with E-state index in [1.807, 2.05) is 0 Å². The number of anilines is 1. The number of hydrogen-bond acceptors (Lipinski definition) is 6. The first-order chi connectivity index (χ1) is 8.83. The molecular formula is C12H16N4O2. The molecule has 0 bridgehead atoms. The standard InChI is InChI=1S/C12H16N4O2/c17-7-1-2-15-3-5-16(6-4-15)12-9-13-11(10-18)8-14-12/h7-10H,1-6H2. The summed E-state index contributed by atoms with van der Waals surface area (Å²) in [5.74, 6) is 0.802. The Bertz CT molecular complexity index is 399. The first-order valence-corrected chi connectivity index (χ1v) is 6.01. The molecule has 0 N–H and O–H groups in total. The van der Waals surface area contributed by atoms with Crippen LogP contribution in [0.4, 0.5) is 5.82 Å². The van der Waals surface area contributed by atoms with Gasteiger partial charge in [0.05, 0.1) is 12.4 Å². The molecule has 0 atom stereocenters. The van der Waals surface area contributed by atoms with Gasteiger partial charge in [0.25, 0.3) is 0 Å². The molecule has 0 aromatic carbocycles. The maximum absolute atomic E-state index is 10.5. The van der Waals surface area contributed by atoms with Crippen LogP contribution >= 0.6 is 0 Å². The summed E-state index contributed by atoms with van der Waals surface area (Å²) >= 11 is 0. The highest BCUT2D eigenvalue weighted by molar-refractivity contribution is 5.71. The molecule has 2 heterocycles. The molecule has 1 saturated heterocycles. The summed E-state index contributed by atoms with van der Waals surface area (Å²) in [4.78, 5) is 33.4. The minimum Gasteiger partial charge on any atom is -0.353 e. The first kappa shape index (κ1) is 12.6. The Kier molecular flexibility index (Phi) is 4.35. The summed E-state index contributed by atoms with van der Waals surface area (Å²) in [6.07, 6.45) is 5.35. The maximum atomic E-state index is 10.5. The topological polar surface area (TPSA) is 66.4 Å². The lowest BCUT2D eigenvalue weighted by Crippen LogP contribution is -2.47. The highest BCUT2D eigenvalue weighted by Gasteiger charge is 2.17. The molecule has 0 radical (unpaired) electrons. The molecule has 6 nitrogen and oxygen atoms in total. The Morgan fingerprint density at radius 3 is 2.44 bits per heavy atom. The number of carbonyl (C=O) groups excluding carboxylic acids is 2. The molecule has 6 heteroatoms. The summed E-state index contributed by atoms with van der Waals surface area (Å²) in [6.45, 7) is 4.41. The van der Waals surface area contributed by atoms with Crippen LogP contribution in [0, 0.1) is 0 Å².